The smallest absolute Gasteiger partial charge is 0.142 e. The van der Waals surface area contributed by atoms with E-state index in [0.717, 1.165) is 36.6 Å². The van der Waals surface area contributed by atoms with Crippen molar-refractivity contribution in [3.63, 3.8) is 0 Å². The molecule has 1 aromatic rings. The Labute approximate surface area is 95.7 Å². The zero-order chi connectivity index (χ0) is 11.4. The van der Waals surface area contributed by atoms with E-state index >= 15 is 0 Å². The molecular weight excluding hydrogens is 204 g/mol. The van der Waals surface area contributed by atoms with Gasteiger partial charge in [0.1, 0.15) is 18.1 Å². The summed E-state index contributed by atoms with van der Waals surface area (Å²) in [5.74, 6) is 1.74. The Bertz CT molecular complexity index is 355. The van der Waals surface area contributed by atoms with E-state index in [1.54, 1.807) is 7.11 Å². The minimum absolute atomic E-state index is 0.350. The Morgan fingerprint density at radius 2 is 2.44 bits per heavy atom. The summed E-state index contributed by atoms with van der Waals surface area (Å²) in [6, 6.07) is 6.15. The maximum absolute atomic E-state index is 5.67. The van der Waals surface area contributed by atoms with Crippen molar-refractivity contribution < 1.29 is 9.47 Å². The van der Waals surface area contributed by atoms with Crippen LogP contribution in [0.2, 0.25) is 0 Å². The molecule has 1 heterocycles. The summed E-state index contributed by atoms with van der Waals surface area (Å²) in [5.41, 5.74) is 6.50. The Morgan fingerprint density at radius 1 is 1.56 bits per heavy atom. The quantitative estimate of drug-likeness (QED) is 0.812. The zero-order valence-corrected chi connectivity index (χ0v) is 9.53. The molecule has 2 rings (SSSR count). The van der Waals surface area contributed by atoms with Gasteiger partial charge in [-0.05, 0) is 31.5 Å². The van der Waals surface area contributed by atoms with E-state index in [9.17, 15) is 0 Å². The number of hydrogen-bond donors (Lipinski definition) is 2. The third-order valence-electron chi connectivity index (χ3n) is 2.74. The Hall–Kier alpha value is -1.42. The number of nitrogens with one attached hydrogen (secondary N) is 1. The molecule has 0 aliphatic carbocycles. The van der Waals surface area contributed by atoms with Crippen molar-refractivity contribution in [3.05, 3.63) is 18.2 Å². The van der Waals surface area contributed by atoms with Gasteiger partial charge in [0, 0.05) is 6.07 Å². The van der Waals surface area contributed by atoms with E-state index < -0.39 is 0 Å². The molecule has 0 aromatic heterocycles. The second-order valence-corrected chi connectivity index (χ2v) is 3.95. The molecule has 0 spiro atoms. The lowest BCUT2D eigenvalue weighted by atomic mass is 10.1. The Kier molecular flexibility index (Phi) is 3.51. The van der Waals surface area contributed by atoms with Crippen LogP contribution in [0.25, 0.3) is 0 Å². The molecule has 0 saturated heterocycles. The molecule has 1 atom stereocenters. The third kappa shape index (κ3) is 2.39. The first kappa shape index (κ1) is 11.1. The van der Waals surface area contributed by atoms with Crippen LogP contribution in [0.4, 0.5) is 5.69 Å². The van der Waals surface area contributed by atoms with Gasteiger partial charge in [0.25, 0.3) is 0 Å². The fourth-order valence-electron chi connectivity index (χ4n) is 1.85. The maximum atomic E-state index is 5.67. The highest BCUT2D eigenvalue weighted by molar-refractivity contribution is 5.61. The average molecular weight is 222 g/mol. The standard InChI is InChI=1S/C12H18N2O2/c1-15-10-4-5-12-11(7-10)14-9(8-16-12)3-2-6-13/h4-5,7,9,14H,2-3,6,8,13H2,1H3. The molecule has 0 bridgehead atoms. The summed E-state index contributed by atoms with van der Waals surface area (Å²) in [6.07, 6.45) is 2.05. The topological polar surface area (TPSA) is 56.5 Å². The fraction of sp³-hybridized carbons (Fsp3) is 0.500. The molecule has 1 aromatic carbocycles. The van der Waals surface area contributed by atoms with Crippen LogP contribution in [0.15, 0.2) is 18.2 Å². The molecule has 4 nitrogen and oxygen atoms in total. The van der Waals surface area contributed by atoms with Crippen molar-refractivity contribution in [2.45, 2.75) is 18.9 Å². The minimum Gasteiger partial charge on any atom is -0.497 e. The summed E-state index contributed by atoms with van der Waals surface area (Å²) in [5, 5.41) is 3.45. The third-order valence-corrected chi connectivity index (χ3v) is 2.74. The van der Waals surface area contributed by atoms with Gasteiger partial charge >= 0.3 is 0 Å². The van der Waals surface area contributed by atoms with Gasteiger partial charge < -0.3 is 20.5 Å². The van der Waals surface area contributed by atoms with Crippen molar-refractivity contribution in [1.29, 1.82) is 0 Å². The van der Waals surface area contributed by atoms with Gasteiger partial charge in [-0.25, -0.2) is 0 Å². The van der Waals surface area contributed by atoms with Crippen molar-refractivity contribution in [1.82, 2.24) is 0 Å². The Balaban J connectivity index is 2.06. The van der Waals surface area contributed by atoms with Gasteiger partial charge in [0.2, 0.25) is 0 Å². The van der Waals surface area contributed by atoms with E-state index in [1.807, 2.05) is 18.2 Å². The van der Waals surface area contributed by atoms with E-state index in [1.165, 1.54) is 0 Å². The molecule has 0 fully saturated rings. The van der Waals surface area contributed by atoms with Gasteiger partial charge in [-0.3, -0.25) is 0 Å². The lowest BCUT2D eigenvalue weighted by Gasteiger charge is -2.27. The summed E-state index contributed by atoms with van der Waals surface area (Å²) < 4.78 is 10.9. The SMILES string of the molecule is COc1ccc2c(c1)NC(CCCN)CO2. The minimum atomic E-state index is 0.350. The zero-order valence-electron chi connectivity index (χ0n) is 9.53. The summed E-state index contributed by atoms with van der Waals surface area (Å²) in [4.78, 5) is 0. The van der Waals surface area contributed by atoms with E-state index in [0.29, 0.717) is 12.6 Å². The highest BCUT2D eigenvalue weighted by Crippen LogP contribution is 2.33. The van der Waals surface area contributed by atoms with Crippen LogP contribution in [0.1, 0.15) is 12.8 Å². The largest absolute Gasteiger partial charge is 0.497 e. The molecule has 16 heavy (non-hydrogen) atoms. The summed E-state index contributed by atoms with van der Waals surface area (Å²) >= 11 is 0. The monoisotopic (exact) mass is 222 g/mol. The summed E-state index contributed by atoms with van der Waals surface area (Å²) in [6.45, 7) is 1.43. The molecule has 0 saturated carbocycles. The van der Waals surface area contributed by atoms with Crippen molar-refractivity contribution in [2.24, 2.45) is 5.73 Å². The molecule has 0 radical (unpaired) electrons. The van der Waals surface area contributed by atoms with Gasteiger partial charge in [-0.2, -0.15) is 0 Å². The molecule has 1 unspecified atom stereocenters. The second kappa shape index (κ2) is 5.07. The predicted octanol–water partition coefficient (Wildman–Crippen LogP) is 1.61. The van der Waals surface area contributed by atoms with Crippen molar-refractivity contribution >= 4 is 5.69 Å². The molecule has 3 N–H and O–H groups in total. The summed E-state index contributed by atoms with van der Waals surface area (Å²) in [7, 11) is 1.66. The van der Waals surface area contributed by atoms with E-state index in [-0.39, 0.29) is 0 Å². The van der Waals surface area contributed by atoms with Crippen LogP contribution >= 0.6 is 0 Å². The highest BCUT2D eigenvalue weighted by atomic mass is 16.5. The molecule has 1 aliphatic heterocycles. The number of hydrogen-bond acceptors (Lipinski definition) is 4. The highest BCUT2D eigenvalue weighted by Gasteiger charge is 2.18. The molecule has 4 heteroatoms. The molecule has 88 valence electrons. The van der Waals surface area contributed by atoms with Gasteiger partial charge in [0.15, 0.2) is 0 Å². The van der Waals surface area contributed by atoms with Crippen LogP contribution in [-0.2, 0) is 0 Å². The van der Waals surface area contributed by atoms with Gasteiger partial charge in [0.05, 0.1) is 18.8 Å². The second-order valence-electron chi connectivity index (χ2n) is 3.95. The van der Waals surface area contributed by atoms with Crippen LogP contribution in [0.5, 0.6) is 11.5 Å². The van der Waals surface area contributed by atoms with Crippen molar-refractivity contribution in [2.75, 3.05) is 25.6 Å². The number of fused-ring (bicyclic) bond motifs is 1. The maximum Gasteiger partial charge on any atom is 0.142 e. The first-order valence-corrected chi connectivity index (χ1v) is 5.61. The van der Waals surface area contributed by atoms with E-state index in [4.69, 9.17) is 15.2 Å². The van der Waals surface area contributed by atoms with Gasteiger partial charge in [-0.1, -0.05) is 0 Å². The average Bonchev–Trinajstić information content (AvgIpc) is 2.35. The fourth-order valence-corrected chi connectivity index (χ4v) is 1.85. The van der Waals surface area contributed by atoms with Crippen LogP contribution in [0, 0.1) is 0 Å². The van der Waals surface area contributed by atoms with Crippen molar-refractivity contribution in [3.8, 4) is 11.5 Å². The number of rotatable bonds is 4. The lowest BCUT2D eigenvalue weighted by Crippen LogP contribution is -2.31. The molecular formula is C12H18N2O2. The van der Waals surface area contributed by atoms with Gasteiger partial charge in [-0.15, -0.1) is 0 Å². The predicted molar refractivity (Wildman–Crippen MR) is 64.2 cm³/mol. The van der Waals surface area contributed by atoms with Crippen LogP contribution in [-0.4, -0.2) is 26.3 Å². The number of anilines is 1. The number of ether oxygens (including phenoxy) is 2. The molecule has 1 aliphatic rings. The molecule has 0 amide bonds. The number of benzene rings is 1. The number of methoxy groups -OCH3 is 1. The van der Waals surface area contributed by atoms with E-state index in [2.05, 4.69) is 5.32 Å². The first-order chi connectivity index (χ1) is 7.83. The first-order valence-electron chi connectivity index (χ1n) is 5.61. The number of nitrogens with two attached hydrogens (primary N) is 1. The normalized spacial score (nSPS) is 18.2. The lowest BCUT2D eigenvalue weighted by molar-refractivity contribution is 0.276. The Morgan fingerprint density at radius 3 is 3.19 bits per heavy atom. The van der Waals surface area contributed by atoms with Crippen LogP contribution < -0.4 is 20.5 Å². The van der Waals surface area contributed by atoms with Crippen LogP contribution in [0.3, 0.4) is 0 Å².